The molecule has 4 aromatic rings. The van der Waals surface area contributed by atoms with Crippen molar-refractivity contribution in [2.75, 3.05) is 11.9 Å². The molecule has 0 unspecified atom stereocenters. The van der Waals surface area contributed by atoms with Gasteiger partial charge in [-0.3, -0.25) is 19.7 Å². The van der Waals surface area contributed by atoms with E-state index in [1.807, 2.05) is 12.1 Å². The zero-order valence-corrected chi connectivity index (χ0v) is 15.7. The molecule has 0 aliphatic carbocycles. The lowest BCUT2D eigenvalue weighted by Gasteiger charge is -2.07. The van der Waals surface area contributed by atoms with Crippen LogP contribution in [0.3, 0.4) is 0 Å². The highest BCUT2D eigenvalue weighted by molar-refractivity contribution is 6.15. The van der Waals surface area contributed by atoms with E-state index >= 15 is 0 Å². The van der Waals surface area contributed by atoms with Crippen LogP contribution in [0.25, 0.3) is 11.0 Å². The van der Waals surface area contributed by atoms with Gasteiger partial charge in [-0.1, -0.05) is 54.6 Å². The number of para-hydroxylation sites is 1. The molecule has 0 saturated heterocycles. The molecule has 30 heavy (non-hydrogen) atoms. The van der Waals surface area contributed by atoms with Gasteiger partial charge in [-0.05, 0) is 12.1 Å². The number of rotatable bonds is 7. The summed E-state index contributed by atoms with van der Waals surface area (Å²) in [6.45, 7) is -0.153. The van der Waals surface area contributed by atoms with Crippen molar-refractivity contribution >= 4 is 33.9 Å². The van der Waals surface area contributed by atoms with Crippen molar-refractivity contribution in [1.29, 1.82) is 0 Å². The number of fused-ring (bicyclic) bond motifs is 1. The SMILES string of the molecule is O=C(CNc1c(C(=O)c2ccccc2)oc2ccccc12)c1cccc([N+](=O)[O-])c1. The average molecular weight is 400 g/mol. The van der Waals surface area contributed by atoms with Gasteiger partial charge in [-0.15, -0.1) is 0 Å². The molecule has 0 bridgehead atoms. The number of carbonyl (C=O) groups excluding carboxylic acids is 2. The Labute approximate surface area is 171 Å². The van der Waals surface area contributed by atoms with E-state index in [0.717, 1.165) is 0 Å². The molecule has 7 heteroatoms. The van der Waals surface area contributed by atoms with Crippen LogP contribution in [0, 0.1) is 10.1 Å². The van der Waals surface area contributed by atoms with Crippen molar-refractivity contribution in [3.05, 3.63) is 106 Å². The summed E-state index contributed by atoms with van der Waals surface area (Å²) < 4.78 is 5.79. The number of carbonyl (C=O) groups is 2. The Kier molecular flexibility index (Phi) is 5.09. The first kappa shape index (κ1) is 19.1. The number of nitro benzene ring substituents is 1. The minimum atomic E-state index is -0.551. The Morgan fingerprint density at radius 1 is 0.900 bits per heavy atom. The maximum absolute atomic E-state index is 13.0. The summed E-state index contributed by atoms with van der Waals surface area (Å²) >= 11 is 0. The van der Waals surface area contributed by atoms with Crippen molar-refractivity contribution in [2.45, 2.75) is 0 Å². The van der Waals surface area contributed by atoms with Crippen LogP contribution >= 0.6 is 0 Å². The summed E-state index contributed by atoms with van der Waals surface area (Å²) in [5.74, 6) is -0.548. The fourth-order valence-corrected chi connectivity index (χ4v) is 3.17. The standard InChI is InChI=1S/C23H16N2O5/c26-19(16-9-6-10-17(13-16)25(28)29)14-24-21-18-11-4-5-12-20(18)30-23(21)22(27)15-7-2-1-3-8-15/h1-13,24H,14H2. The molecule has 3 aromatic carbocycles. The number of nitrogens with zero attached hydrogens (tertiary/aromatic N) is 1. The number of Topliss-reactive ketones (excluding diaryl/α,β-unsaturated/α-hetero) is 1. The zero-order chi connectivity index (χ0) is 21.1. The minimum Gasteiger partial charge on any atom is -0.450 e. The third kappa shape index (κ3) is 3.68. The number of anilines is 1. The summed E-state index contributed by atoms with van der Waals surface area (Å²) in [5, 5.41) is 14.6. The molecule has 0 amide bonds. The molecule has 0 aliphatic heterocycles. The molecule has 0 saturated carbocycles. The zero-order valence-electron chi connectivity index (χ0n) is 15.7. The summed E-state index contributed by atoms with van der Waals surface area (Å²) in [6.07, 6.45) is 0. The van der Waals surface area contributed by atoms with Crippen LogP contribution in [0.1, 0.15) is 26.5 Å². The van der Waals surface area contributed by atoms with Gasteiger partial charge in [0, 0.05) is 28.6 Å². The summed E-state index contributed by atoms with van der Waals surface area (Å²) in [5.41, 5.74) is 1.44. The van der Waals surface area contributed by atoms with E-state index in [-0.39, 0.29) is 35.1 Å². The first-order chi connectivity index (χ1) is 14.5. The molecule has 1 aromatic heterocycles. The van der Waals surface area contributed by atoms with Crippen molar-refractivity contribution in [1.82, 2.24) is 0 Å². The van der Waals surface area contributed by atoms with Crippen LogP contribution in [-0.4, -0.2) is 23.0 Å². The molecule has 0 fully saturated rings. The van der Waals surface area contributed by atoms with E-state index in [2.05, 4.69) is 5.32 Å². The molecule has 1 heterocycles. The van der Waals surface area contributed by atoms with E-state index < -0.39 is 4.92 Å². The largest absolute Gasteiger partial charge is 0.450 e. The Hall–Kier alpha value is -4.26. The Balaban J connectivity index is 1.65. The van der Waals surface area contributed by atoms with Gasteiger partial charge in [0.15, 0.2) is 11.5 Å². The molecule has 0 aliphatic rings. The van der Waals surface area contributed by atoms with Crippen molar-refractivity contribution < 1.29 is 18.9 Å². The van der Waals surface area contributed by atoms with Gasteiger partial charge in [-0.25, -0.2) is 0 Å². The lowest BCUT2D eigenvalue weighted by atomic mass is 10.1. The van der Waals surface area contributed by atoms with Crippen LogP contribution in [-0.2, 0) is 0 Å². The number of hydrogen-bond acceptors (Lipinski definition) is 6. The predicted molar refractivity (Wildman–Crippen MR) is 112 cm³/mol. The van der Waals surface area contributed by atoms with E-state index in [1.165, 1.54) is 24.3 Å². The number of nitrogens with one attached hydrogen (secondary N) is 1. The molecule has 0 atom stereocenters. The average Bonchev–Trinajstić information content (AvgIpc) is 3.16. The Bertz CT molecular complexity index is 1260. The number of ketones is 2. The quantitative estimate of drug-likeness (QED) is 0.270. The number of furan rings is 1. The molecule has 4 rings (SSSR count). The van der Waals surface area contributed by atoms with E-state index in [1.54, 1.807) is 42.5 Å². The van der Waals surface area contributed by atoms with Gasteiger partial charge < -0.3 is 9.73 Å². The Morgan fingerprint density at radius 2 is 1.60 bits per heavy atom. The third-order valence-electron chi connectivity index (χ3n) is 4.64. The number of benzene rings is 3. The molecular weight excluding hydrogens is 384 g/mol. The first-order valence-corrected chi connectivity index (χ1v) is 9.17. The number of nitro groups is 1. The van der Waals surface area contributed by atoms with Crippen LogP contribution in [0.4, 0.5) is 11.4 Å². The van der Waals surface area contributed by atoms with E-state index in [0.29, 0.717) is 22.2 Å². The fraction of sp³-hybridized carbons (Fsp3) is 0.0435. The highest BCUT2D eigenvalue weighted by atomic mass is 16.6. The highest BCUT2D eigenvalue weighted by Crippen LogP contribution is 2.32. The van der Waals surface area contributed by atoms with E-state index in [9.17, 15) is 19.7 Å². The second kappa shape index (κ2) is 8.00. The van der Waals surface area contributed by atoms with Gasteiger partial charge in [0.25, 0.3) is 5.69 Å². The number of non-ortho nitro benzene ring substituents is 1. The van der Waals surface area contributed by atoms with Crippen LogP contribution < -0.4 is 5.32 Å². The fourth-order valence-electron chi connectivity index (χ4n) is 3.17. The van der Waals surface area contributed by atoms with Gasteiger partial charge in [0.05, 0.1) is 17.2 Å². The lowest BCUT2D eigenvalue weighted by molar-refractivity contribution is -0.384. The van der Waals surface area contributed by atoms with E-state index in [4.69, 9.17) is 4.42 Å². The Morgan fingerprint density at radius 3 is 2.37 bits per heavy atom. The summed E-state index contributed by atoms with van der Waals surface area (Å²) in [6, 6.07) is 21.4. The molecule has 148 valence electrons. The minimum absolute atomic E-state index is 0.106. The van der Waals surface area contributed by atoms with Gasteiger partial charge in [0.1, 0.15) is 5.58 Å². The molecule has 1 N–H and O–H groups in total. The van der Waals surface area contributed by atoms with Crippen LogP contribution in [0.2, 0.25) is 0 Å². The monoisotopic (exact) mass is 400 g/mol. The maximum atomic E-state index is 13.0. The van der Waals surface area contributed by atoms with Gasteiger partial charge in [-0.2, -0.15) is 0 Å². The summed E-state index contributed by atoms with van der Waals surface area (Å²) in [4.78, 5) is 36.0. The van der Waals surface area contributed by atoms with Gasteiger partial charge in [0.2, 0.25) is 5.78 Å². The highest BCUT2D eigenvalue weighted by Gasteiger charge is 2.22. The van der Waals surface area contributed by atoms with Crippen molar-refractivity contribution in [3.63, 3.8) is 0 Å². The topological polar surface area (TPSA) is 102 Å². The maximum Gasteiger partial charge on any atom is 0.270 e. The second-order valence-electron chi connectivity index (χ2n) is 6.58. The normalized spacial score (nSPS) is 10.7. The third-order valence-corrected chi connectivity index (χ3v) is 4.64. The predicted octanol–water partition coefficient (Wildman–Crippen LogP) is 4.87. The van der Waals surface area contributed by atoms with Gasteiger partial charge >= 0.3 is 0 Å². The van der Waals surface area contributed by atoms with Crippen LogP contribution in [0.5, 0.6) is 0 Å². The second-order valence-corrected chi connectivity index (χ2v) is 6.58. The molecule has 0 radical (unpaired) electrons. The van der Waals surface area contributed by atoms with Crippen LogP contribution in [0.15, 0.2) is 83.3 Å². The molecule has 7 nitrogen and oxygen atoms in total. The van der Waals surface area contributed by atoms with Crippen molar-refractivity contribution in [3.8, 4) is 0 Å². The first-order valence-electron chi connectivity index (χ1n) is 9.17. The molecule has 0 spiro atoms. The lowest BCUT2D eigenvalue weighted by Crippen LogP contribution is -2.15. The smallest absolute Gasteiger partial charge is 0.270 e. The number of hydrogen-bond donors (Lipinski definition) is 1. The van der Waals surface area contributed by atoms with Crippen molar-refractivity contribution in [2.24, 2.45) is 0 Å². The molecular formula is C23H16N2O5. The summed E-state index contributed by atoms with van der Waals surface area (Å²) in [7, 11) is 0.